The SMILES string of the molecule is COc1cc(OC)cc(C(=O)Oc2ccc(C=O)cc2)c1. The third kappa shape index (κ3) is 3.60. The smallest absolute Gasteiger partial charge is 0.343 e. The minimum absolute atomic E-state index is 0.311. The number of methoxy groups -OCH3 is 2. The zero-order valence-corrected chi connectivity index (χ0v) is 11.7. The standard InChI is InChI=1S/C16H14O5/c1-19-14-7-12(8-15(9-14)20-2)16(18)21-13-5-3-11(10-17)4-6-13/h3-10H,1-2H3. The molecule has 5 heteroatoms. The van der Waals surface area contributed by atoms with Crippen LogP contribution in [0.4, 0.5) is 0 Å². The first-order valence-electron chi connectivity index (χ1n) is 6.16. The number of carbonyl (C=O) groups is 2. The number of ether oxygens (including phenoxy) is 3. The molecule has 2 aromatic rings. The highest BCUT2D eigenvalue weighted by Gasteiger charge is 2.12. The number of hydrogen-bond donors (Lipinski definition) is 0. The molecular formula is C16H14O5. The monoisotopic (exact) mass is 286 g/mol. The summed E-state index contributed by atoms with van der Waals surface area (Å²) in [5, 5.41) is 0. The largest absolute Gasteiger partial charge is 0.497 e. The van der Waals surface area contributed by atoms with Gasteiger partial charge in [0.05, 0.1) is 19.8 Å². The summed E-state index contributed by atoms with van der Waals surface area (Å²) in [4.78, 5) is 22.7. The maximum atomic E-state index is 12.1. The predicted molar refractivity (Wildman–Crippen MR) is 76.3 cm³/mol. The van der Waals surface area contributed by atoms with Crippen LogP contribution in [0.15, 0.2) is 42.5 Å². The highest BCUT2D eigenvalue weighted by atomic mass is 16.5. The predicted octanol–water partition coefficient (Wildman–Crippen LogP) is 2.74. The molecular weight excluding hydrogens is 272 g/mol. The van der Waals surface area contributed by atoms with Gasteiger partial charge in [-0.3, -0.25) is 4.79 Å². The Bertz CT molecular complexity index is 624. The molecule has 21 heavy (non-hydrogen) atoms. The zero-order valence-electron chi connectivity index (χ0n) is 11.7. The molecule has 0 atom stereocenters. The number of aldehydes is 1. The molecule has 0 aliphatic rings. The third-order valence-corrected chi connectivity index (χ3v) is 2.81. The molecule has 0 saturated heterocycles. The lowest BCUT2D eigenvalue weighted by atomic mass is 10.2. The Balaban J connectivity index is 2.20. The second kappa shape index (κ2) is 6.56. The topological polar surface area (TPSA) is 61.8 Å². The number of rotatable bonds is 5. The second-order valence-corrected chi connectivity index (χ2v) is 4.18. The van der Waals surface area contributed by atoms with E-state index in [0.717, 1.165) is 6.29 Å². The van der Waals surface area contributed by atoms with Crippen LogP contribution >= 0.6 is 0 Å². The molecule has 5 nitrogen and oxygen atoms in total. The Morgan fingerprint density at radius 2 is 1.48 bits per heavy atom. The van der Waals surface area contributed by atoms with Gasteiger partial charge in [-0.15, -0.1) is 0 Å². The maximum absolute atomic E-state index is 12.1. The van der Waals surface area contributed by atoms with Gasteiger partial charge in [-0.05, 0) is 36.4 Å². The molecule has 2 aromatic carbocycles. The summed E-state index contributed by atoms with van der Waals surface area (Å²) in [5.41, 5.74) is 0.823. The average Bonchev–Trinajstić information content (AvgIpc) is 2.54. The molecule has 0 fully saturated rings. The van der Waals surface area contributed by atoms with Crippen molar-refractivity contribution < 1.29 is 23.8 Å². The van der Waals surface area contributed by atoms with Crippen molar-refractivity contribution in [2.75, 3.05) is 14.2 Å². The summed E-state index contributed by atoms with van der Waals surface area (Å²) in [7, 11) is 3.00. The van der Waals surface area contributed by atoms with Gasteiger partial charge in [0.15, 0.2) is 0 Å². The molecule has 0 aliphatic heterocycles. The first kappa shape index (κ1) is 14.6. The van der Waals surface area contributed by atoms with Crippen LogP contribution in [0, 0.1) is 0 Å². The van der Waals surface area contributed by atoms with E-state index >= 15 is 0 Å². The van der Waals surface area contributed by atoms with Gasteiger partial charge in [0, 0.05) is 11.6 Å². The van der Waals surface area contributed by atoms with Gasteiger partial charge in [0.2, 0.25) is 0 Å². The van der Waals surface area contributed by atoms with E-state index in [1.54, 1.807) is 42.5 Å². The van der Waals surface area contributed by atoms with E-state index in [1.807, 2.05) is 0 Å². The van der Waals surface area contributed by atoms with Crippen molar-refractivity contribution in [3.8, 4) is 17.2 Å². The fourth-order valence-electron chi connectivity index (χ4n) is 1.71. The van der Waals surface area contributed by atoms with Gasteiger partial charge in [-0.2, -0.15) is 0 Å². The molecule has 2 rings (SSSR count). The molecule has 108 valence electrons. The summed E-state index contributed by atoms with van der Waals surface area (Å²) in [6, 6.07) is 11.0. The van der Waals surface area contributed by atoms with Crippen LogP contribution in [0.2, 0.25) is 0 Å². The van der Waals surface area contributed by atoms with Crippen LogP contribution in [-0.2, 0) is 0 Å². The molecule has 0 radical (unpaired) electrons. The van der Waals surface area contributed by atoms with E-state index < -0.39 is 5.97 Å². The van der Waals surface area contributed by atoms with Crippen molar-refractivity contribution in [1.82, 2.24) is 0 Å². The maximum Gasteiger partial charge on any atom is 0.343 e. The summed E-state index contributed by atoms with van der Waals surface area (Å²) in [6.45, 7) is 0. The summed E-state index contributed by atoms with van der Waals surface area (Å²) in [6.07, 6.45) is 0.721. The van der Waals surface area contributed by atoms with Crippen molar-refractivity contribution in [3.63, 3.8) is 0 Å². The van der Waals surface area contributed by atoms with Gasteiger partial charge in [0.1, 0.15) is 23.5 Å². The van der Waals surface area contributed by atoms with Crippen LogP contribution in [0.3, 0.4) is 0 Å². The summed E-state index contributed by atoms with van der Waals surface area (Å²) >= 11 is 0. The van der Waals surface area contributed by atoms with Gasteiger partial charge in [-0.1, -0.05) is 0 Å². The lowest BCUT2D eigenvalue weighted by Gasteiger charge is -2.08. The van der Waals surface area contributed by atoms with Crippen LogP contribution < -0.4 is 14.2 Å². The highest BCUT2D eigenvalue weighted by molar-refractivity contribution is 5.92. The van der Waals surface area contributed by atoms with Crippen molar-refractivity contribution in [1.29, 1.82) is 0 Å². The van der Waals surface area contributed by atoms with Gasteiger partial charge in [0.25, 0.3) is 0 Å². The zero-order chi connectivity index (χ0) is 15.2. The fraction of sp³-hybridized carbons (Fsp3) is 0.125. The van der Waals surface area contributed by atoms with E-state index in [1.165, 1.54) is 14.2 Å². The van der Waals surface area contributed by atoms with E-state index in [0.29, 0.717) is 28.4 Å². The number of hydrogen-bond acceptors (Lipinski definition) is 5. The Morgan fingerprint density at radius 3 is 1.95 bits per heavy atom. The molecule has 0 aromatic heterocycles. The van der Waals surface area contributed by atoms with Crippen LogP contribution in [-0.4, -0.2) is 26.5 Å². The van der Waals surface area contributed by atoms with Gasteiger partial charge in [-0.25, -0.2) is 4.79 Å². The normalized spacial score (nSPS) is 9.81. The lowest BCUT2D eigenvalue weighted by Crippen LogP contribution is -2.09. The van der Waals surface area contributed by atoms with E-state index in [2.05, 4.69) is 0 Å². The fourth-order valence-corrected chi connectivity index (χ4v) is 1.71. The third-order valence-electron chi connectivity index (χ3n) is 2.81. The summed E-state index contributed by atoms with van der Waals surface area (Å²) < 4.78 is 15.4. The average molecular weight is 286 g/mol. The number of esters is 1. The van der Waals surface area contributed by atoms with E-state index in [4.69, 9.17) is 14.2 Å². The van der Waals surface area contributed by atoms with Gasteiger partial charge < -0.3 is 14.2 Å². The minimum atomic E-state index is -0.536. The second-order valence-electron chi connectivity index (χ2n) is 4.18. The molecule has 0 aliphatic carbocycles. The molecule has 0 unspecified atom stereocenters. The summed E-state index contributed by atoms with van der Waals surface area (Å²) in [5.74, 6) is 0.814. The Morgan fingerprint density at radius 1 is 0.905 bits per heavy atom. The number of benzene rings is 2. The molecule has 0 N–H and O–H groups in total. The first-order chi connectivity index (χ1) is 10.2. The first-order valence-corrected chi connectivity index (χ1v) is 6.16. The Hall–Kier alpha value is -2.82. The molecule has 0 spiro atoms. The molecule has 0 heterocycles. The molecule has 0 amide bonds. The van der Waals surface area contributed by atoms with Crippen molar-refractivity contribution in [2.45, 2.75) is 0 Å². The quantitative estimate of drug-likeness (QED) is 0.480. The lowest BCUT2D eigenvalue weighted by molar-refractivity contribution is 0.0734. The van der Waals surface area contributed by atoms with Crippen molar-refractivity contribution in [2.24, 2.45) is 0 Å². The van der Waals surface area contributed by atoms with Gasteiger partial charge >= 0.3 is 5.97 Å². The Labute approximate surface area is 122 Å². The van der Waals surface area contributed by atoms with Crippen LogP contribution in [0.5, 0.6) is 17.2 Å². The number of carbonyl (C=O) groups excluding carboxylic acids is 2. The van der Waals surface area contributed by atoms with Crippen LogP contribution in [0.25, 0.3) is 0 Å². The molecule has 0 bridgehead atoms. The Kier molecular flexibility index (Phi) is 4.56. The van der Waals surface area contributed by atoms with Crippen molar-refractivity contribution >= 4 is 12.3 Å². The highest BCUT2D eigenvalue weighted by Crippen LogP contribution is 2.23. The van der Waals surface area contributed by atoms with E-state index in [-0.39, 0.29) is 0 Å². The molecule has 0 saturated carbocycles. The van der Waals surface area contributed by atoms with Crippen molar-refractivity contribution in [3.05, 3.63) is 53.6 Å². The minimum Gasteiger partial charge on any atom is -0.497 e. The van der Waals surface area contributed by atoms with E-state index in [9.17, 15) is 9.59 Å². The van der Waals surface area contributed by atoms with Crippen LogP contribution in [0.1, 0.15) is 20.7 Å².